The highest BCUT2D eigenvalue weighted by atomic mass is 16.5. The molecule has 35 heavy (non-hydrogen) atoms. The number of hydrogen-bond acceptors (Lipinski definition) is 5. The smallest absolute Gasteiger partial charge is 0.319 e. The quantitative estimate of drug-likeness (QED) is 0.662. The van der Waals surface area contributed by atoms with E-state index in [0.717, 1.165) is 12.8 Å². The van der Waals surface area contributed by atoms with Gasteiger partial charge in [0.1, 0.15) is 12.4 Å². The fourth-order valence-electron chi connectivity index (χ4n) is 4.32. The molecule has 0 saturated heterocycles. The van der Waals surface area contributed by atoms with Gasteiger partial charge in [-0.25, -0.2) is 4.79 Å². The number of nitrogens with one attached hydrogen (secondary N) is 2. The number of carbonyl (C=O) groups is 3. The van der Waals surface area contributed by atoms with Crippen molar-refractivity contribution < 1.29 is 23.9 Å². The molecule has 9 heteroatoms. The molecular formula is C26H40N4O5. The number of hydrogen-bond donors (Lipinski definition) is 2. The van der Waals surface area contributed by atoms with Crippen LogP contribution in [0.1, 0.15) is 57.3 Å². The number of nitrogens with zero attached hydrogens (tertiary/aromatic N) is 2. The Kier molecular flexibility index (Phi) is 8.99. The maximum atomic E-state index is 13.4. The number of fused-ring (bicyclic) bond motifs is 1. The number of amides is 4. The molecule has 0 unspecified atom stereocenters. The molecule has 2 aliphatic rings. The molecule has 194 valence electrons. The van der Waals surface area contributed by atoms with Crippen LogP contribution in [0.4, 0.5) is 10.5 Å². The molecule has 0 bridgehead atoms. The van der Waals surface area contributed by atoms with Gasteiger partial charge in [0, 0.05) is 51.3 Å². The summed E-state index contributed by atoms with van der Waals surface area (Å²) in [7, 11) is 3.36. The fraction of sp³-hybridized carbons (Fsp3) is 0.654. The van der Waals surface area contributed by atoms with Gasteiger partial charge in [-0.2, -0.15) is 0 Å². The Morgan fingerprint density at radius 1 is 1.20 bits per heavy atom. The molecule has 1 aliphatic carbocycles. The van der Waals surface area contributed by atoms with E-state index in [1.165, 1.54) is 0 Å². The molecule has 4 amide bonds. The summed E-state index contributed by atoms with van der Waals surface area (Å²) >= 11 is 0. The van der Waals surface area contributed by atoms with Crippen LogP contribution in [-0.2, 0) is 9.53 Å². The molecule has 1 fully saturated rings. The summed E-state index contributed by atoms with van der Waals surface area (Å²) in [5.74, 6) is 0.849. The molecule has 1 aromatic rings. The average molecular weight is 489 g/mol. The first kappa shape index (κ1) is 26.8. The number of urea groups is 1. The van der Waals surface area contributed by atoms with Crippen LogP contribution in [0, 0.1) is 11.8 Å². The van der Waals surface area contributed by atoms with Crippen LogP contribution < -0.4 is 15.4 Å². The number of methoxy groups -OCH3 is 1. The van der Waals surface area contributed by atoms with Gasteiger partial charge >= 0.3 is 6.03 Å². The van der Waals surface area contributed by atoms with Gasteiger partial charge in [0.15, 0.2) is 0 Å². The van der Waals surface area contributed by atoms with Crippen molar-refractivity contribution in [3.05, 3.63) is 23.8 Å². The summed E-state index contributed by atoms with van der Waals surface area (Å²) < 4.78 is 11.9. The first-order valence-electron chi connectivity index (χ1n) is 12.5. The normalized spacial score (nSPS) is 23.6. The SMILES string of the molecule is CO[C@@H]1CN(C)C(=O)c2cc(NC(=O)NC(C)C)ccc2OC[C@H](C)N(C(=O)CC2CC2)C[C@H]1C. The standard InChI is InChI=1S/C26H40N4O5/c1-16(2)27-26(33)28-20-9-10-22-21(12-20)25(32)29(5)14-23(34-6)17(3)13-30(18(4)15-35-22)24(31)11-19-7-8-19/h9-10,12,16-19,23H,7-8,11,13-15H2,1-6H3,(H2,27,28,33)/t17-,18+,23-/m1/s1. The van der Waals surface area contributed by atoms with E-state index in [-0.39, 0.29) is 48.6 Å². The van der Waals surface area contributed by atoms with Gasteiger partial charge in [-0.15, -0.1) is 0 Å². The number of likely N-dealkylation sites (N-methyl/N-ethyl adjacent to an activating group) is 1. The second kappa shape index (κ2) is 11.7. The second-order valence-corrected chi connectivity index (χ2v) is 10.3. The van der Waals surface area contributed by atoms with Crippen molar-refractivity contribution in [3.8, 4) is 5.75 Å². The average Bonchev–Trinajstić information content (AvgIpc) is 3.61. The number of ether oxygens (including phenoxy) is 2. The molecule has 3 rings (SSSR count). The van der Waals surface area contributed by atoms with Crippen molar-refractivity contribution in [2.75, 3.05) is 39.2 Å². The molecule has 2 N–H and O–H groups in total. The summed E-state index contributed by atoms with van der Waals surface area (Å²) in [6, 6.07) is 4.50. The number of rotatable bonds is 5. The van der Waals surface area contributed by atoms with Gasteiger partial charge < -0.3 is 29.9 Å². The Morgan fingerprint density at radius 2 is 1.91 bits per heavy atom. The Labute approximate surface area is 208 Å². The highest BCUT2D eigenvalue weighted by Crippen LogP contribution is 2.33. The molecule has 1 saturated carbocycles. The van der Waals surface area contributed by atoms with Gasteiger partial charge in [-0.3, -0.25) is 9.59 Å². The lowest BCUT2D eigenvalue weighted by Gasteiger charge is -2.36. The van der Waals surface area contributed by atoms with Crippen molar-refractivity contribution in [3.63, 3.8) is 0 Å². The van der Waals surface area contributed by atoms with Crippen LogP contribution in [0.2, 0.25) is 0 Å². The third kappa shape index (κ3) is 7.34. The summed E-state index contributed by atoms with van der Waals surface area (Å²) in [5, 5.41) is 5.55. The zero-order chi connectivity index (χ0) is 25.7. The molecule has 0 radical (unpaired) electrons. The van der Waals surface area contributed by atoms with Gasteiger partial charge in [-0.05, 0) is 57.7 Å². The number of carbonyl (C=O) groups excluding carboxylic acids is 3. The lowest BCUT2D eigenvalue weighted by molar-refractivity contribution is -0.135. The zero-order valence-corrected chi connectivity index (χ0v) is 21.8. The lowest BCUT2D eigenvalue weighted by Crippen LogP contribution is -2.48. The topological polar surface area (TPSA) is 100 Å². The molecule has 9 nitrogen and oxygen atoms in total. The summed E-state index contributed by atoms with van der Waals surface area (Å²) in [4.78, 5) is 42.2. The highest BCUT2D eigenvalue weighted by molar-refractivity contribution is 5.99. The van der Waals surface area contributed by atoms with Gasteiger partial charge in [0.2, 0.25) is 5.91 Å². The van der Waals surface area contributed by atoms with Crippen LogP contribution >= 0.6 is 0 Å². The summed E-state index contributed by atoms with van der Waals surface area (Å²) in [6.07, 6.45) is 2.56. The Bertz CT molecular complexity index is 917. The first-order chi connectivity index (χ1) is 16.6. The van der Waals surface area contributed by atoms with Crippen LogP contribution in [0.25, 0.3) is 0 Å². The van der Waals surface area contributed by atoms with E-state index in [1.54, 1.807) is 37.3 Å². The van der Waals surface area contributed by atoms with Crippen LogP contribution in [0.15, 0.2) is 18.2 Å². The van der Waals surface area contributed by atoms with E-state index in [0.29, 0.717) is 42.4 Å². The number of anilines is 1. The molecule has 1 heterocycles. The minimum absolute atomic E-state index is 0.0181. The van der Waals surface area contributed by atoms with Crippen molar-refractivity contribution in [1.82, 2.24) is 15.1 Å². The van der Waals surface area contributed by atoms with Crippen LogP contribution in [0.5, 0.6) is 5.75 Å². The largest absolute Gasteiger partial charge is 0.491 e. The van der Waals surface area contributed by atoms with E-state index in [4.69, 9.17) is 9.47 Å². The molecule has 1 aromatic carbocycles. The minimum atomic E-state index is -0.346. The molecule has 0 spiro atoms. The Hall–Kier alpha value is -2.81. The van der Waals surface area contributed by atoms with Crippen molar-refractivity contribution in [1.29, 1.82) is 0 Å². The summed E-state index contributed by atoms with van der Waals surface area (Å²) in [6.45, 7) is 8.93. The van der Waals surface area contributed by atoms with E-state index in [9.17, 15) is 14.4 Å². The predicted molar refractivity (Wildman–Crippen MR) is 135 cm³/mol. The first-order valence-corrected chi connectivity index (χ1v) is 12.5. The maximum absolute atomic E-state index is 13.4. The van der Waals surface area contributed by atoms with Crippen molar-refractivity contribution >= 4 is 23.5 Å². The molecular weight excluding hydrogens is 448 g/mol. The minimum Gasteiger partial charge on any atom is -0.491 e. The van der Waals surface area contributed by atoms with Gasteiger partial charge in [0.05, 0.1) is 17.7 Å². The van der Waals surface area contributed by atoms with Crippen LogP contribution in [0.3, 0.4) is 0 Å². The monoisotopic (exact) mass is 488 g/mol. The van der Waals surface area contributed by atoms with Crippen LogP contribution in [-0.4, -0.2) is 79.7 Å². The Morgan fingerprint density at radius 3 is 2.54 bits per heavy atom. The third-order valence-electron chi connectivity index (χ3n) is 6.60. The fourth-order valence-corrected chi connectivity index (χ4v) is 4.32. The lowest BCUT2D eigenvalue weighted by atomic mass is 10.0. The van der Waals surface area contributed by atoms with E-state index < -0.39 is 0 Å². The number of benzene rings is 1. The third-order valence-corrected chi connectivity index (χ3v) is 6.60. The van der Waals surface area contributed by atoms with Gasteiger partial charge in [0.25, 0.3) is 5.91 Å². The van der Waals surface area contributed by atoms with Gasteiger partial charge in [-0.1, -0.05) is 6.92 Å². The summed E-state index contributed by atoms with van der Waals surface area (Å²) in [5.41, 5.74) is 0.839. The van der Waals surface area contributed by atoms with E-state index >= 15 is 0 Å². The highest BCUT2D eigenvalue weighted by Gasteiger charge is 2.33. The zero-order valence-electron chi connectivity index (χ0n) is 21.8. The van der Waals surface area contributed by atoms with E-state index in [1.807, 2.05) is 32.6 Å². The maximum Gasteiger partial charge on any atom is 0.319 e. The van der Waals surface area contributed by atoms with Crippen molar-refractivity contribution in [2.45, 2.75) is 65.1 Å². The molecule has 0 aromatic heterocycles. The van der Waals surface area contributed by atoms with E-state index in [2.05, 4.69) is 10.6 Å². The second-order valence-electron chi connectivity index (χ2n) is 10.3. The molecule has 1 aliphatic heterocycles. The van der Waals surface area contributed by atoms with Crippen molar-refractivity contribution in [2.24, 2.45) is 11.8 Å². The Balaban J connectivity index is 1.89. The predicted octanol–water partition coefficient (Wildman–Crippen LogP) is 3.35. The molecule has 3 atom stereocenters.